The van der Waals surface area contributed by atoms with Crippen molar-refractivity contribution in [2.45, 2.75) is 72.1 Å². The maximum atomic E-state index is 13.6. The molecule has 0 radical (unpaired) electrons. The summed E-state index contributed by atoms with van der Waals surface area (Å²) in [6.45, 7) is 8.76. The summed E-state index contributed by atoms with van der Waals surface area (Å²) >= 11 is 0. The quantitative estimate of drug-likeness (QED) is 0.155. The van der Waals surface area contributed by atoms with Gasteiger partial charge in [-0.1, -0.05) is 31.2 Å². The Morgan fingerprint density at radius 1 is 1.30 bits per heavy atom. The van der Waals surface area contributed by atoms with Crippen molar-refractivity contribution in [3.8, 4) is 11.5 Å². The Kier molecular flexibility index (Phi) is 9.95. The molecular weight excluding hydrogens is 531 g/mol. The summed E-state index contributed by atoms with van der Waals surface area (Å²) in [5, 5.41) is 14.3. The number of para-hydroxylation sites is 1. The van der Waals surface area contributed by atoms with Crippen LogP contribution >= 0.6 is 7.95 Å². The SMILES string of the molecule is CCc1c(C)c2c(c(O)c1CC=C(C)C[P+](=O)N(Oc1ccccc1)[C@@H](C)C(=O)OC[C@@H]1CCCN1)C(=O)OC2. The number of hydrogen-bond donors (Lipinski definition) is 2. The van der Waals surface area contributed by atoms with E-state index in [0.717, 1.165) is 41.6 Å². The van der Waals surface area contributed by atoms with Gasteiger partial charge >= 0.3 is 19.9 Å². The number of rotatable bonds is 12. The smallest absolute Gasteiger partial charge is 0.475 e. The number of hydrogen-bond acceptors (Lipinski definition) is 8. The zero-order valence-electron chi connectivity index (χ0n) is 23.6. The Morgan fingerprint density at radius 2 is 2.05 bits per heavy atom. The summed E-state index contributed by atoms with van der Waals surface area (Å²) in [5.74, 6) is -0.604. The van der Waals surface area contributed by atoms with Crippen molar-refractivity contribution in [2.75, 3.05) is 19.3 Å². The lowest BCUT2D eigenvalue weighted by Crippen LogP contribution is -2.40. The van der Waals surface area contributed by atoms with Crippen LogP contribution in [0.15, 0.2) is 42.0 Å². The molecule has 1 fully saturated rings. The van der Waals surface area contributed by atoms with Crippen LogP contribution in [0.1, 0.15) is 66.2 Å². The van der Waals surface area contributed by atoms with Gasteiger partial charge in [-0.15, -0.1) is 0 Å². The lowest BCUT2D eigenvalue weighted by molar-refractivity contribution is -0.155. The van der Waals surface area contributed by atoms with E-state index in [2.05, 4.69) is 5.32 Å². The molecule has 0 aromatic heterocycles. The number of hydroxylamine groups is 1. The highest BCUT2D eigenvalue weighted by molar-refractivity contribution is 7.42. The lowest BCUT2D eigenvalue weighted by atomic mass is 9.89. The van der Waals surface area contributed by atoms with Crippen molar-refractivity contribution < 1.29 is 33.6 Å². The molecule has 2 N–H and O–H groups in total. The van der Waals surface area contributed by atoms with Crippen molar-refractivity contribution in [1.29, 1.82) is 0 Å². The van der Waals surface area contributed by atoms with Gasteiger partial charge in [-0.3, -0.25) is 4.79 Å². The van der Waals surface area contributed by atoms with Crippen LogP contribution in [0, 0.1) is 6.92 Å². The summed E-state index contributed by atoms with van der Waals surface area (Å²) in [7, 11) is -2.18. The summed E-state index contributed by atoms with van der Waals surface area (Å²) < 4.78 is 24.3. The molecule has 2 heterocycles. The number of nitrogens with one attached hydrogen (secondary N) is 1. The van der Waals surface area contributed by atoms with Crippen LogP contribution in [0.4, 0.5) is 0 Å². The number of ether oxygens (including phenoxy) is 2. The molecular formula is C30H38N2O7P+. The van der Waals surface area contributed by atoms with Crippen LogP contribution in [0.3, 0.4) is 0 Å². The van der Waals surface area contributed by atoms with Crippen molar-refractivity contribution in [3.63, 3.8) is 0 Å². The fraction of sp³-hybridized carbons (Fsp3) is 0.467. The average Bonchev–Trinajstić information content (AvgIpc) is 3.61. The van der Waals surface area contributed by atoms with E-state index in [4.69, 9.17) is 14.3 Å². The molecule has 0 bridgehead atoms. The number of phenolic OH excluding ortho intramolecular Hbond substituents is 1. The van der Waals surface area contributed by atoms with E-state index in [1.54, 1.807) is 31.2 Å². The maximum Gasteiger partial charge on any atom is 0.475 e. The van der Waals surface area contributed by atoms with Gasteiger partial charge in [0.1, 0.15) is 24.5 Å². The number of fused-ring (bicyclic) bond motifs is 1. The van der Waals surface area contributed by atoms with Crippen LogP contribution in [0.2, 0.25) is 0 Å². The first-order valence-corrected chi connectivity index (χ1v) is 15.2. The van der Waals surface area contributed by atoms with Crippen LogP contribution in [0.25, 0.3) is 0 Å². The van der Waals surface area contributed by atoms with Crippen LogP contribution in [-0.4, -0.2) is 53.3 Å². The number of carbonyl (C=O) groups is 2. The fourth-order valence-electron chi connectivity index (χ4n) is 5.16. The van der Waals surface area contributed by atoms with Gasteiger partial charge in [-0.2, -0.15) is 0 Å². The molecule has 2 aliphatic heterocycles. The van der Waals surface area contributed by atoms with Crippen molar-refractivity contribution in [1.82, 2.24) is 10.2 Å². The number of aromatic hydroxyl groups is 1. The van der Waals surface area contributed by atoms with Gasteiger partial charge in [-0.25, -0.2) is 4.79 Å². The molecule has 2 aromatic carbocycles. The molecule has 9 nitrogen and oxygen atoms in total. The number of phenols is 1. The minimum absolute atomic E-state index is 0.0458. The summed E-state index contributed by atoms with van der Waals surface area (Å²) in [4.78, 5) is 32.3. The van der Waals surface area contributed by atoms with Crippen molar-refractivity contribution in [2.24, 2.45) is 0 Å². The molecule has 1 saturated heterocycles. The molecule has 0 saturated carbocycles. The highest BCUT2D eigenvalue weighted by Crippen LogP contribution is 2.39. The van der Waals surface area contributed by atoms with Gasteiger partial charge in [0.25, 0.3) is 0 Å². The third kappa shape index (κ3) is 6.72. The number of allylic oxidation sites excluding steroid dienone is 2. The van der Waals surface area contributed by atoms with Crippen LogP contribution < -0.4 is 10.2 Å². The minimum atomic E-state index is -2.18. The Morgan fingerprint density at radius 3 is 2.73 bits per heavy atom. The fourth-order valence-corrected chi connectivity index (χ4v) is 6.53. The van der Waals surface area contributed by atoms with E-state index in [9.17, 15) is 19.3 Å². The first-order valence-electron chi connectivity index (χ1n) is 13.8. The molecule has 2 aromatic rings. The molecule has 40 heavy (non-hydrogen) atoms. The Hall–Kier alpha value is -3.26. The summed E-state index contributed by atoms with van der Waals surface area (Å²) in [6, 6.07) is 8.13. The topological polar surface area (TPSA) is 114 Å². The first-order chi connectivity index (χ1) is 19.2. The van der Waals surface area contributed by atoms with Crippen LogP contribution in [0.5, 0.6) is 11.5 Å². The van der Waals surface area contributed by atoms with E-state index >= 15 is 0 Å². The van der Waals surface area contributed by atoms with Gasteiger partial charge in [0.15, 0.2) is 18.0 Å². The van der Waals surface area contributed by atoms with Gasteiger partial charge in [0.05, 0.1) is 4.83 Å². The number of benzene rings is 2. The average molecular weight is 570 g/mol. The third-order valence-corrected chi connectivity index (χ3v) is 9.10. The third-order valence-electron chi connectivity index (χ3n) is 7.46. The first kappa shape index (κ1) is 29.7. The Bertz CT molecular complexity index is 1290. The zero-order valence-corrected chi connectivity index (χ0v) is 24.5. The minimum Gasteiger partial charge on any atom is -0.507 e. The van der Waals surface area contributed by atoms with E-state index < -0.39 is 25.9 Å². The molecule has 3 atom stereocenters. The highest BCUT2D eigenvalue weighted by atomic mass is 31.1. The van der Waals surface area contributed by atoms with Gasteiger partial charge in [-0.05, 0) is 86.4 Å². The van der Waals surface area contributed by atoms with E-state index in [1.165, 1.54) is 4.83 Å². The van der Waals surface area contributed by atoms with Crippen LogP contribution in [-0.2, 0) is 38.3 Å². The lowest BCUT2D eigenvalue weighted by Gasteiger charge is -2.19. The molecule has 2 aliphatic rings. The molecule has 214 valence electrons. The molecule has 0 amide bonds. The van der Waals surface area contributed by atoms with Crippen molar-refractivity contribution in [3.05, 3.63) is 69.8 Å². The Balaban J connectivity index is 1.50. The van der Waals surface area contributed by atoms with E-state index in [0.29, 0.717) is 24.2 Å². The van der Waals surface area contributed by atoms with Gasteiger partial charge in [0.2, 0.25) is 0 Å². The molecule has 4 rings (SSSR count). The van der Waals surface area contributed by atoms with E-state index in [1.807, 2.05) is 32.9 Å². The molecule has 1 unspecified atom stereocenters. The number of cyclic esters (lactones) is 1. The normalized spacial score (nSPS) is 17.9. The number of esters is 2. The maximum absolute atomic E-state index is 13.6. The van der Waals surface area contributed by atoms with Crippen molar-refractivity contribution >= 4 is 19.9 Å². The predicted molar refractivity (Wildman–Crippen MR) is 152 cm³/mol. The predicted octanol–water partition coefficient (Wildman–Crippen LogP) is 5.14. The summed E-state index contributed by atoms with van der Waals surface area (Å²) in [5.41, 5.74) is 4.37. The standard InChI is InChI=1S/C30H37N2O7P/c1-5-24-20(3)26-17-38-30(35)27(26)28(33)25(24)14-13-19(2)18-40(36)32(39-23-11-7-6-8-12-23)21(4)29(34)37-16-22-10-9-15-31-22/h6-8,11-13,21-22,31H,5,9-10,14-18H2,1-4H3/p+1/t21-,22-/m0/s1. The zero-order chi connectivity index (χ0) is 28.8. The second-order valence-electron chi connectivity index (χ2n) is 10.3. The molecule has 10 heteroatoms. The second-order valence-corrected chi connectivity index (χ2v) is 11.7. The van der Waals surface area contributed by atoms with Gasteiger partial charge in [0, 0.05) is 17.2 Å². The highest BCUT2D eigenvalue weighted by Gasteiger charge is 2.41. The van der Waals surface area contributed by atoms with Gasteiger partial charge < -0.3 is 24.7 Å². The molecule has 0 aliphatic carbocycles. The monoisotopic (exact) mass is 569 g/mol. The van der Waals surface area contributed by atoms with E-state index in [-0.39, 0.29) is 36.7 Å². The second kappa shape index (κ2) is 13.4. The largest absolute Gasteiger partial charge is 0.507 e. The number of nitrogens with zero attached hydrogens (tertiary/aromatic N) is 1. The Labute approximate surface area is 236 Å². The number of carbonyl (C=O) groups excluding carboxylic acids is 2. The summed E-state index contributed by atoms with van der Waals surface area (Å²) in [6.07, 6.45) is 5.07. The molecule has 0 spiro atoms.